The summed E-state index contributed by atoms with van der Waals surface area (Å²) >= 11 is 6.70. The van der Waals surface area contributed by atoms with Crippen LogP contribution < -0.4 is 4.74 Å². The maximum Gasteiger partial charge on any atom is 0.319 e. The first-order chi connectivity index (χ1) is 6.75. The highest BCUT2D eigenvalue weighted by atomic mass is 35.5. The van der Waals surface area contributed by atoms with E-state index in [1.165, 1.54) is 12.1 Å². The van der Waals surface area contributed by atoms with E-state index in [1.807, 2.05) is 0 Å². The number of nitrogens with zero attached hydrogens (tertiary/aromatic N) is 3. The third-order valence-electron chi connectivity index (χ3n) is 1.37. The second-order valence-corrected chi connectivity index (χ2v) is 3.41. The van der Waals surface area contributed by atoms with Crippen LogP contribution in [0.2, 0.25) is 5.02 Å². The molecule has 0 spiro atoms. The maximum absolute atomic E-state index is 12.6. The predicted octanol–water partition coefficient (Wildman–Crippen LogP) is 2.52. The molecule has 14 heavy (non-hydrogen) atoms. The molecule has 0 aliphatic carbocycles. The minimum atomic E-state index is -0.419. The standard InChI is InChI=1S/C7H3ClFN3OS/c8-5-3-4(9)1-2-6(5)13-7-10-11-12-14-7/h1-3H. The van der Waals surface area contributed by atoms with Crippen molar-refractivity contribution in [3.63, 3.8) is 0 Å². The molecule has 1 heterocycles. The van der Waals surface area contributed by atoms with Crippen LogP contribution in [0.15, 0.2) is 18.2 Å². The van der Waals surface area contributed by atoms with Gasteiger partial charge in [0, 0.05) is 11.5 Å². The Kier molecular flexibility index (Phi) is 2.55. The Hall–Kier alpha value is -1.27. The molecule has 0 N–H and O–H groups in total. The number of hydrogen-bond donors (Lipinski definition) is 0. The molecule has 0 bridgehead atoms. The molecule has 1 aromatic heterocycles. The van der Waals surface area contributed by atoms with Gasteiger partial charge >= 0.3 is 5.19 Å². The van der Waals surface area contributed by atoms with Crippen LogP contribution in [0.1, 0.15) is 0 Å². The van der Waals surface area contributed by atoms with Gasteiger partial charge in [-0.25, -0.2) is 4.39 Å². The smallest absolute Gasteiger partial charge is 0.319 e. The van der Waals surface area contributed by atoms with Crippen LogP contribution in [0.5, 0.6) is 10.9 Å². The number of hydrogen-bond acceptors (Lipinski definition) is 5. The topological polar surface area (TPSA) is 47.9 Å². The molecule has 7 heteroatoms. The van der Waals surface area contributed by atoms with Gasteiger partial charge in [-0.05, 0) is 23.4 Å². The van der Waals surface area contributed by atoms with Gasteiger partial charge in [-0.3, -0.25) is 0 Å². The van der Waals surface area contributed by atoms with E-state index in [2.05, 4.69) is 14.8 Å². The molecule has 0 radical (unpaired) electrons. The van der Waals surface area contributed by atoms with Gasteiger partial charge in [-0.1, -0.05) is 21.2 Å². The number of aromatic nitrogens is 3. The number of halogens is 2. The molecular formula is C7H3ClFN3OS. The van der Waals surface area contributed by atoms with E-state index in [0.29, 0.717) is 5.75 Å². The zero-order valence-corrected chi connectivity index (χ0v) is 8.22. The fourth-order valence-electron chi connectivity index (χ4n) is 0.817. The van der Waals surface area contributed by atoms with Crippen molar-refractivity contribution in [3.05, 3.63) is 29.0 Å². The van der Waals surface area contributed by atoms with E-state index in [1.54, 1.807) is 0 Å². The lowest BCUT2D eigenvalue weighted by Crippen LogP contribution is -1.85. The van der Waals surface area contributed by atoms with Crippen LogP contribution in [-0.2, 0) is 0 Å². The normalized spacial score (nSPS) is 10.1. The summed E-state index contributed by atoms with van der Waals surface area (Å²) in [6.45, 7) is 0. The summed E-state index contributed by atoms with van der Waals surface area (Å²) in [5, 5.41) is 7.34. The highest BCUT2D eigenvalue weighted by molar-refractivity contribution is 7.07. The summed E-state index contributed by atoms with van der Waals surface area (Å²) in [6.07, 6.45) is 0. The Labute approximate surface area is 87.4 Å². The molecule has 0 aliphatic rings. The molecule has 2 aromatic rings. The zero-order chi connectivity index (χ0) is 9.97. The van der Waals surface area contributed by atoms with E-state index >= 15 is 0 Å². The summed E-state index contributed by atoms with van der Waals surface area (Å²) in [7, 11) is 0. The Bertz CT molecular complexity index is 437. The molecule has 0 aliphatic heterocycles. The molecule has 0 fully saturated rings. The minimum absolute atomic E-state index is 0.181. The second kappa shape index (κ2) is 3.85. The van der Waals surface area contributed by atoms with Crippen molar-refractivity contribution in [1.82, 2.24) is 14.8 Å². The molecule has 0 unspecified atom stereocenters. The maximum atomic E-state index is 12.6. The summed E-state index contributed by atoms with van der Waals surface area (Å²) in [4.78, 5) is 0. The molecule has 0 atom stereocenters. The number of benzene rings is 1. The lowest BCUT2D eigenvalue weighted by molar-refractivity contribution is 0.471. The van der Waals surface area contributed by atoms with Gasteiger partial charge in [0.05, 0.1) is 5.02 Å². The van der Waals surface area contributed by atoms with E-state index < -0.39 is 5.82 Å². The first-order valence-electron chi connectivity index (χ1n) is 3.53. The lowest BCUT2D eigenvalue weighted by Gasteiger charge is -2.02. The summed E-state index contributed by atoms with van der Waals surface area (Å²) in [6, 6.07) is 3.82. The van der Waals surface area contributed by atoms with Crippen molar-refractivity contribution in [2.45, 2.75) is 0 Å². The molecule has 2 rings (SSSR count). The van der Waals surface area contributed by atoms with Crippen LogP contribution in [0.3, 0.4) is 0 Å². The van der Waals surface area contributed by atoms with Crippen LogP contribution in [-0.4, -0.2) is 14.8 Å². The van der Waals surface area contributed by atoms with Crippen LogP contribution in [0.4, 0.5) is 4.39 Å². The molecule has 1 aromatic carbocycles. The molecule has 72 valence electrons. The van der Waals surface area contributed by atoms with Gasteiger partial charge in [0.2, 0.25) is 0 Å². The summed E-state index contributed by atoms with van der Waals surface area (Å²) < 4.78 is 21.3. The highest BCUT2D eigenvalue weighted by Crippen LogP contribution is 2.29. The largest absolute Gasteiger partial charge is 0.427 e. The Morgan fingerprint density at radius 3 is 2.93 bits per heavy atom. The monoisotopic (exact) mass is 231 g/mol. The fraction of sp³-hybridized carbons (Fsp3) is 0. The zero-order valence-electron chi connectivity index (χ0n) is 6.65. The van der Waals surface area contributed by atoms with Gasteiger partial charge in [-0.15, -0.1) is 0 Å². The first-order valence-corrected chi connectivity index (χ1v) is 4.69. The van der Waals surface area contributed by atoms with Crippen molar-refractivity contribution in [2.75, 3.05) is 0 Å². The lowest BCUT2D eigenvalue weighted by atomic mass is 10.3. The average Bonchev–Trinajstić information content (AvgIpc) is 2.62. The van der Waals surface area contributed by atoms with Crippen molar-refractivity contribution in [3.8, 4) is 10.9 Å². The van der Waals surface area contributed by atoms with E-state index in [0.717, 1.165) is 17.6 Å². The highest BCUT2D eigenvalue weighted by Gasteiger charge is 2.06. The summed E-state index contributed by atoms with van der Waals surface area (Å²) in [5.41, 5.74) is 0. The number of ether oxygens (including phenoxy) is 1. The van der Waals surface area contributed by atoms with Gasteiger partial charge in [0.1, 0.15) is 11.6 Å². The third kappa shape index (κ3) is 1.97. The third-order valence-corrected chi connectivity index (χ3v) is 2.14. The van der Waals surface area contributed by atoms with Gasteiger partial charge < -0.3 is 4.74 Å². The number of rotatable bonds is 2. The van der Waals surface area contributed by atoms with Crippen molar-refractivity contribution >= 4 is 23.1 Å². The van der Waals surface area contributed by atoms with Crippen LogP contribution in [0, 0.1) is 5.82 Å². The first kappa shape index (κ1) is 9.29. The Balaban J connectivity index is 2.25. The van der Waals surface area contributed by atoms with Crippen molar-refractivity contribution < 1.29 is 9.13 Å². The molecule has 4 nitrogen and oxygen atoms in total. The van der Waals surface area contributed by atoms with Crippen LogP contribution >= 0.6 is 23.1 Å². The van der Waals surface area contributed by atoms with Gasteiger partial charge in [0.25, 0.3) is 0 Å². The Morgan fingerprint density at radius 1 is 1.43 bits per heavy atom. The van der Waals surface area contributed by atoms with Crippen molar-refractivity contribution in [1.29, 1.82) is 0 Å². The second-order valence-electron chi connectivity index (χ2n) is 2.31. The van der Waals surface area contributed by atoms with E-state index in [4.69, 9.17) is 16.3 Å². The van der Waals surface area contributed by atoms with E-state index in [-0.39, 0.29) is 10.2 Å². The molecular weight excluding hydrogens is 229 g/mol. The quantitative estimate of drug-likeness (QED) is 0.797. The SMILES string of the molecule is Fc1ccc(Oc2nnns2)c(Cl)c1. The van der Waals surface area contributed by atoms with Crippen molar-refractivity contribution in [2.24, 2.45) is 0 Å². The molecule has 0 saturated carbocycles. The van der Waals surface area contributed by atoms with E-state index in [9.17, 15) is 4.39 Å². The van der Waals surface area contributed by atoms with Gasteiger partial charge in [0.15, 0.2) is 0 Å². The van der Waals surface area contributed by atoms with Crippen LogP contribution in [0.25, 0.3) is 0 Å². The Morgan fingerprint density at radius 2 is 2.29 bits per heavy atom. The average molecular weight is 232 g/mol. The van der Waals surface area contributed by atoms with Gasteiger partial charge in [-0.2, -0.15) is 0 Å². The predicted molar refractivity (Wildman–Crippen MR) is 49.2 cm³/mol. The molecule has 0 saturated heterocycles. The summed E-state index contributed by atoms with van der Waals surface area (Å²) in [5.74, 6) is -0.0932. The molecule has 0 amide bonds. The minimum Gasteiger partial charge on any atom is -0.427 e. The fourth-order valence-corrected chi connectivity index (χ4v) is 1.37.